The van der Waals surface area contributed by atoms with Crippen LogP contribution in [-0.2, 0) is 4.79 Å². The first-order valence-corrected chi connectivity index (χ1v) is 4.05. The Morgan fingerprint density at radius 1 is 1.50 bits per heavy atom. The standard InChI is InChI=1S/C9H9NO2/c10-4-7-5-1-2-6(3-5)8(7)9(11)12/h1-2,5-8H,3H2,(H,11,12)/t5-,6+,7+,8+/m0/s1. The lowest BCUT2D eigenvalue weighted by molar-refractivity contribution is -0.143. The number of allylic oxidation sites excluding steroid dienone is 2. The molecule has 12 heavy (non-hydrogen) atoms. The van der Waals surface area contributed by atoms with E-state index in [1.807, 2.05) is 12.2 Å². The molecule has 0 aliphatic heterocycles. The van der Waals surface area contributed by atoms with Crippen LogP contribution in [0.4, 0.5) is 0 Å². The third-order valence-corrected chi connectivity index (χ3v) is 2.89. The fourth-order valence-corrected chi connectivity index (χ4v) is 2.33. The summed E-state index contributed by atoms with van der Waals surface area (Å²) < 4.78 is 0. The summed E-state index contributed by atoms with van der Waals surface area (Å²) in [5.41, 5.74) is 0. The summed E-state index contributed by atoms with van der Waals surface area (Å²) in [5.74, 6) is -1.26. The number of rotatable bonds is 1. The third kappa shape index (κ3) is 0.781. The highest BCUT2D eigenvalue weighted by molar-refractivity contribution is 5.72. The molecule has 0 unspecified atom stereocenters. The highest BCUT2D eigenvalue weighted by Gasteiger charge is 2.48. The van der Waals surface area contributed by atoms with Gasteiger partial charge in [-0.15, -0.1) is 0 Å². The van der Waals surface area contributed by atoms with Gasteiger partial charge in [0.05, 0.1) is 17.9 Å². The van der Waals surface area contributed by atoms with Crippen LogP contribution in [0.1, 0.15) is 6.42 Å². The van der Waals surface area contributed by atoms with Gasteiger partial charge in [0.15, 0.2) is 0 Å². The molecule has 0 aromatic rings. The first-order chi connectivity index (χ1) is 5.74. The van der Waals surface area contributed by atoms with Crippen LogP contribution in [-0.4, -0.2) is 11.1 Å². The lowest BCUT2D eigenvalue weighted by Gasteiger charge is -2.17. The minimum absolute atomic E-state index is 0.108. The molecule has 0 heterocycles. The van der Waals surface area contributed by atoms with Crippen molar-refractivity contribution in [2.75, 3.05) is 0 Å². The Kier molecular flexibility index (Phi) is 1.44. The van der Waals surface area contributed by atoms with Gasteiger partial charge in [0, 0.05) is 0 Å². The van der Waals surface area contributed by atoms with Crippen LogP contribution in [0.3, 0.4) is 0 Å². The summed E-state index contributed by atoms with van der Waals surface area (Å²) in [6.45, 7) is 0. The Morgan fingerprint density at radius 3 is 2.67 bits per heavy atom. The van der Waals surface area contributed by atoms with Gasteiger partial charge >= 0.3 is 5.97 Å². The molecule has 3 nitrogen and oxygen atoms in total. The van der Waals surface area contributed by atoms with Crippen molar-refractivity contribution in [1.82, 2.24) is 0 Å². The first-order valence-electron chi connectivity index (χ1n) is 4.05. The summed E-state index contributed by atoms with van der Waals surface area (Å²) >= 11 is 0. The summed E-state index contributed by atoms with van der Waals surface area (Å²) in [5, 5.41) is 17.6. The number of carboxylic acid groups (broad SMARTS) is 1. The largest absolute Gasteiger partial charge is 0.481 e. The Balaban J connectivity index is 2.30. The summed E-state index contributed by atoms with van der Waals surface area (Å²) in [7, 11) is 0. The first kappa shape index (κ1) is 7.35. The molecule has 1 fully saturated rings. The fourth-order valence-electron chi connectivity index (χ4n) is 2.33. The van der Waals surface area contributed by atoms with Crippen LogP contribution < -0.4 is 0 Å². The molecule has 0 aromatic carbocycles. The van der Waals surface area contributed by atoms with Gasteiger partial charge in [-0.3, -0.25) is 4.79 Å². The fraction of sp³-hybridized carbons (Fsp3) is 0.556. The zero-order chi connectivity index (χ0) is 8.72. The molecule has 0 aromatic heterocycles. The maximum atomic E-state index is 10.8. The minimum atomic E-state index is -0.821. The molecule has 2 rings (SSSR count). The van der Waals surface area contributed by atoms with E-state index in [4.69, 9.17) is 10.4 Å². The van der Waals surface area contributed by atoms with Gasteiger partial charge in [0.1, 0.15) is 0 Å². The molecule has 3 heteroatoms. The molecule has 0 spiro atoms. The average Bonchev–Trinajstić information content (AvgIpc) is 2.60. The number of fused-ring (bicyclic) bond motifs is 2. The average molecular weight is 163 g/mol. The van der Waals surface area contributed by atoms with Crippen molar-refractivity contribution in [2.45, 2.75) is 6.42 Å². The second-order valence-corrected chi connectivity index (χ2v) is 3.47. The van der Waals surface area contributed by atoms with Crippen LogP contribution in [0.5, 0.6) is 0 Å². The van der Waals surface area contributed by atoms with E-state index in [0.29, 0.717) is 0 Å². The SMILES string of the molecule is N#C[C@H]1[C@H](C(=O)O)[C@@H]2C=C[C@H]1C2. The zero-order valence-corrected chi connectivity index (χ0v) is 6.47. The molecule has 1 N–H and O–H groups in total. The van der Waals surface area contributed by atoms with Crippen LogP contribution >= 0.6 is 0 Å². The molecular formula is C9H9NO2. The molecule has 2 aliphatic carbocycles. The molecule has 1 saturated carbocycles. The third-order valence-electron chi connectivity index (χ3n) is 2.89. The van der Waals surface area contributed by atoms with Crippen molar-refractivity contribution >= 4 is 5.97 Å². The lowest BCUT2D eigenvalue weighted by atomic mass is 9.84. The summed E-state index contributed by atoms with van der Waals surface area (Å²) in [6.07, 6.45) is 4.78. The molecular weight excluding hydrogens is 154 g/mol. The molecule has 62 valence electrons. The van der Waals surface area contributed by atoms with E-state index in [1.54, 1.807) is 0 Å². The van der Waals surface area contributed by atoms with Gasteiger partial charge in [-0.1, -0.05) is 12.2 Å². The molecule has 2 aliphatic rings. The Hall–Kier alpha value is -1.30. The van der Waals surface area contributed by atoms with Crippen LogP contribution in [0, 0.1) is 35.0 Å². The second-order valence-electron chi connectivity index (χ2n) is 3.47. The Labute approximate surface area is 70.3 Å². The van der Waals surface area contributed by atoms with Crippen molar-refractivity contribution in [3.63, 3.8) is 0 Å². The van der Waals surface area contributed by atoms with E-state index in [1.165, 1.54) is 0 Å². The van der Waals surface area contributed by atoms with Gasteiger partial charge in [0.25, 0.3) is 0 Å². The van der Waals surface area contributed by atoms with Crippen LogP contribution in [0.15, 0.2) is 12.2 Å². The monoisotopic (exact) mass is 163 g/mol. The van der Waals surface area contributed by atoms with Crippen molar-refractivity contribution < 1.29 is 9.90 Å². The topological polar surface area (TPSA) is 61.1 Å². The summed E-state index contributed by atoms with van der Waals surface area (Å²) in [6, 6.07) is 2.09. The van der Waals surface area contributed by atoms with E-state index >= 15 is 0 Å². The molecule has 2 bridgehead atoms. The molecule has 0 saturated heterocycles. The maximum absolute atomic E-state index is 10.8. The van der Waals surface area contributed by atoms with Crippen molar-refractivity contribution in [1.29, 1.82) is 5.26 Å². The van der Waals surface area contributed by atoms with E-state index < -0.39 is 11.9 Å². The van der Waals surface area contributed by atoms with Crippen LogP contribution in [0.2, 0.25) is 0 Å². The molecule has 0 amide bonds. The highest BCUT2D eigenvalue weighted by atomic mass is 16.4. The zero-order valence-electron chi connectivity index (χ0n) is 6.47. The maximum Gasteiger partial charge on any atom is 0.308 e. The number of nitrogens with zero attached hydrogens (tertiary/aromatic N) is 1. The highest BCUT2D eigenvalue weighted by Crippen LogP contribution is 2.47. The number of aliphatic carboxylic acids is 1. The van der Waals surface area contributed by atoms with Crippen molar-refractivity contribution in [3.8, 4) is 6.07 Å². The van der Waals surface area contributed by atoms with Crippen LogP contribution in [0.25, 0.3) is 0 Å². The Bertz CT molecular complexity index is 289. The van der Waals surface area contributed by atoms with E-state index in [9.17, 15) is 4.79 Å². The molecule has 4 atom stereocenters. The quantitative estimate of drug-likeness (QED) is 0.587. The van der Waals surface area contributed by atoms with Gasteiger partial charge < -0.3 is 5.11 Å². The van der Waals surface area contributed by atoms with Crippen molar-refractivity contribution in [3.05, 3.63) is 12.2 Å². The normalized spacial score (nSPS) is 42.9. The summed E-state index contributed by atoms with van der Waals surface area (Å²) in [4.78, 5) is 10.8. The Morgan fingerprint density at radius 2 is 2.17 bits per heavy atom. The number of hydrogen-bond donors (Lipinski definition) is 1. The van der Waals surface area contributed by atoms with Gasteiger partial charge in [-0.05, 0) is 18.3 Å². The smallest absolute Gasteiger partial charge is 0.308 e. The number of carboxylic acids is 1. The number of carbonyl (C=O) groups is 1. The van der Waals surface area contributed by atoms with Gasteiger partial charge in [-0.2, -0.15) is 5.26 Å². The van der Waals surface area contributed by atoms with E-state index in [0.717, 1.165) is 6.42 Å². The van der Waals surface area contributed by atoms with Crippen molar-refractivity contribution in [2.24, 2.45) is 23.7 Å². The molecule has 0 radical (unpaired) electrons. The van der Waals surface area contributed by atoms with E-state index in [-0.39, 0.29) is 17.8 Å². The van der Waals surface area contributed by atoms with Gasteiger partial charge in [-0.25, -0.2) is 0 Å². The second kappa shape index (κ2) is 2.34. The number of nitriles is 1. The predicted molar refractivity (Wildman–Crippen MR) is 41.0 cm³/mol. The minimum Gasteiger partial charge on any atom is -0.481 e. The van der Waals surface area contributed by atoms with E-state index in [2.05, 4.69) is 6.07 Å². The number of hydrogen-bond acceptors (Lipinski definition) is 2. The van der Waals surface area contributed by atoms with Gasteiger partial charge in [0.2, 0.25) is 0 Å². The lowest BCUT2D eigenvalue weighted by Crippen LogP contribution is -2.26. The predicted octanol–water partition coefficient (Wildman–Crippen LogP) is 1.03.